The zero-order chi connectivity index (χ0) is 15.6. The van der Waals surface area contributed by atoms with Gasteiger partial charge in [0.15, 0.2) is 0 Å². The van der Waals surface area contributed by atoms with E-state index < -0.39 is 10.8 Å². The molecule has 0 bridgehead atoms. The van der Waals surface area contributed by atoms with E-state index in [0.29, 0.717) is 0 Å². The van der Waals surface area contributed by atoms with E-state index in [-0.39, 0.29) is 17.3 Å². The lowest BCUT2D eigenvalue weighted by Gasteiger charge is -2.64. The molecule has 0 aromatic carbocycles. The monoisotopic (exact) mass is 286 g/mol. The molecule has 0 aromatic heterocycles. The van der Waals surface area contributed by atoms with Crippen LogP contribution in [0.3, 0.4) is 0 Å². The molecule has 0 heterocycles. The Morgan fingerprint density at radius 3 is 2.50 bits per heavy atom. The van der Waals surface area contributed by atoms with Crippen molar-refractivity contribution in [2.75, 3.05) is 0 Å². The van der Waals surface area contributed by atoms with Crippen LogP contribution in [0.5, 0.6) is 0 Å². The fourth-order valence-electron chi connectivity index (χ4n) is 5.43. The Morgan fingerprint density at radius 2 is 1.86 bits per heavy atom. The summed E-state index contributed by atoms with van der Waals surface area (Å²) in [6.07, 6.45) is 14.9. The van der Waals surface area contributed by atoms with Gasteiger partial charge < -0.3 is 0 Å². The van der Waals surface area contributed by atoms with Gasteiger partial charge in [-0.3, -0.25) is 0 Å². The first-order valence-electron chi connectivity index (χ1n) is 7.83. The molecule has 5 atom stereocenters. The van der Waals surface area contributed by atoms with E-state index in [1.807, 2.05) is 24.3 Å². The van der Waals surface area contributed by atoms with Crippen molar-refractivity contribution in [3.8, 4) is 12.1 Å². The average Bonchev–Trinajstić information content (AvgIpc) is 2.88. The Bertz CT molecular complexity index is 769. The zero-order valence-electron chi connectivity index (χ0n) is 12.5. The van der Waals surface area contributed by atoms with Gasteiger partial charge in [0, 0.05) is 11.3 Å². The first-order chi connectivity index (χ1) is 10.6. The minimum absolute atomic E-state index is 0.110. The molecule has 0 aromatic rings. The molecule has 2 nitrogen and oxygen atoms in total. The third kappa shape index (κ3) is 1.07. The summed E-state index contributed by atoms with van der Waals surface area (Å²) >= 11 is 0. The maximum absolute atomic E-state index is 10.0. The first kappa shape index (κ1) is 13.4. The second-order valence-corrected chi connectivity index (χ2v) is 6.94. The third-order valence-corrected chi connectivity index (χ3v) is 6.43. The van der Waals surface area contributed by atoms with Gasteiger partial charge in [0.05, 0.1) is 17.6 Å². The van der Waals surface area contributed by atoms with Gasteiger partial charge in [0.25, 0.3) is 0 Å². The fourth-order valence-corrected chi connectivity index (χ4v) is 5.43. The number of hydrogen-bond donors (Lipinski definition) is 0. The highest BCUT2D eigenvalue weighted by molar-refractivity contribution is 5.61. The molecule has 0 radical (unpaired) electrons. The molecule has 4 aliphatic rings. The Morgan fingerprint density at radius 1 is 1.09 bits per heavy atom. The van der Waals surface area contributed by atoms with E-state index in [9.17, 15) is 10.5 Å². The molecule has 0 saturated heterocycles. The van der Waals surface area contributed by atoms with Crippen molar-refractivity contribution in [1.29, 1.82) is 10.5 Å². The predicted octanol–water partition coefficient (Wildman–Crippen LogP) is 4.23. The van der Waals surface area contributed by atoms with Gasteiger partial charge >= 0.3 is 0 Å². The number of nitriles is 2. The number of rotatable bonds is 2. The summed E-state index contributed by atoms with van der Waals surface area (Å²) < 4.78 is 0. The average molecular weight is 286 g/mol. The number of allylic oxidation sites excluding steroid dienone is 8. The summed E-state index contributed by atoms with van der Waals surface area (Å²) in [7, 11) is 0. The molecule has 0 aliphatic heterocycles. The Hall–Kier alpha value is -2.32. The van der Waals surface area contributed by atoms with E-state index in [2.05, 4.69) is 37.4 Å². The van der Waals surface area contributed by atoms with E-state index in [0.717, 1.165) is 19.3 Å². The molecular weight excluding hydrogens is 268 g/mol. The van der Waals surface area contributed by atoms with E-state index in [1.165, 1.54) is 11.1 Å². The van der Waals surface area contributed by atoms with Crippen LogP contribution < -0.4 is 0 Å². The van der Waals surface area contributed by atoms with Crippen LogP contribution in [0.2, 0.25) is 0 Å². The lowest BCUT2D eigenvalue weighted by Crippen LogP contribution is -2.61. The highest BCUT2D eigenvalue weighted by Crippen LogP contribution is 2.76. The zero-order valence-corrected chi connectivity index (χ0v) is 12.5. The largest absolute Gasteiger partial charge is 0.197 e. The second-order valence-electron chi connectivity index (χ2n) is 6.94. The highest BCUT2D eigenvalue weighted by Gasteiger charge is 2.72. The van der Waals surface area contributed by atoms with E-state index in [4.69, 9.17) is 0 Å². The summed E-state index contributed by atoms with van der Waals surface area (Å²) in [6.45, 7) is 7.95. The standard InChI is InChI=1S/C20H18N2/c1-3-15-10-14-6-5-7-20-16(4-2)11-18(20,12-21)8-9-19(15,13-22)17(14)20/h3-5,7-9,15-16H,1-2,6,10-11H2/t15-,16-,18+,19-,20+/m0/s1. The minimum atomic E-state index is -0.621. The van der Waals surface area contributed by atoms with Gasteiger partial charge in [-0.15, -0.1) is 13.2 Å². The van der Waals surface area contributed by atoms with Crippen LogP contribution in [-0.2, 0) is 0 Å². The molecule has 4 rings (SSSR count). The van der Waals surface area contributed by atoms with Crippen molar-refractivity contribution in [2.45, 2.75) is 19.3 Å². The van der Waals surface area contributed by atoms with Gasteiger partial charge in [-0.05, 0) is 30.8 Å². The molecule has 22 heavy (non-hydrogen) atoms. The fraction of sp³-hybridized carbons (Fsp3) is 0.400. The lowest BCUT2D eigenvalue weighted by molar-refractivity contribution is 0.0126. The van der Waals surface area contributed by atoms with Gasteiger partial charge in [0.2, 0.25) is 0 Å². The summed E-state index contributed by atoms with van der Waals surface area (Å²) in [5, 5.41) is 19.9. The number of nitrogens with zero attached hydrogens (tertiary/aromatic N) is 2. The topological polar surface area (TPSA) is 47.6 Å². The molecular formula is C20H18N2. The lowest BCUT2D eigenvalue weighted by atomic mass is 9.36. The molecule has 0 N–H and O–H groups in total. The van der Waals surface area contributed by atoms with E-state index in [1.54, 1.807) is 0 Å². The van der Waals surface area contributed by atoms with Crippen molar-refractivity contribution < 1.29 is 0 Å². The Balaban J connectivity index is 2.07. The first-order valence-corrected chi connectivity index (χ1v) is 7.83. The van der Waals surface area contributed by atoms with Gasteiger partial charge in [-0.25, -0.2) is 0 Å². The van der Waals surface area contributed by atoms with Crippen LogP contribution in [0.25, 0.3) is 0 Å². The van der Waals surface area contributed by atoms with Gasteiger partial charge in [0.1, 0.15) is 5.41 Å². The summed E-state index contributed by atoms with van der Waals surface area (Å²) in [6, 6.07) is 5.14. The molecule has 1 spiro atoms. The normalized spacial score (nSPS) is 46.8. The van der Waals surface area contributed by atoms with Crippen molar-refractivity contribution >= 4 is 0 Å². The van der Waals surface area contributed by atoms with Gasteiger partial charge in [-0.2, -0.15) is 10.5 Å². The summed E-state index contributed by atoms with van der Waals surface area (Å²) in [5.41, 5.74) is 1.03. The van der Waals surface area contributed by atoms with Gasteiger partial charge in [-0.1, -0.05) is 42.0 Å². The molecule has 108 valence electrons. The number of hydrogen-bond acceptors (Lipinski definition) is 2. The van der Waals surface area contributed by atoms with Crippen molar-refractivity contribution in [3.05, 3.63) is 60.8 Å². The molecule has 0 unspecified atom stereocenters. The second kappa shape index (κ2) is 3.90. The maximum Gasteiger partial charge on any atom is 0.104 e. The van der Waals surface area contributed by atoms with Crippen molar-refractivity contribution in [1.82, 2.24) is 0 Å². The summed E-state index contributed by atoms with van der Waals surface area (Å²) in [4.78, 5) is 0. The van der Waals surface area contributed by atoms with Crippen molar-refractivity contribution in [3.63, 3.8) is 0 Å². The molecule has 1 saturated carbocycles. The van der Waals surface area contributed by atoms with Crippen LogP contribution >= 0.6 is 0 Å². The SMILES string of the molecule is C=C[C@H]1CC2=C3[C@]1(C#N)C=C[C@]1(C#N)C[C@H](C=C)[C@]31C=CC2. The molecule has 1 fully saturated rings. The smallest absolute Gasteiger partial charge is 0.104 e. The van der Waals surface area contributed by atoms with Crippen LogP contribution in [0.1, 0.15) is 19.3 Å². The Labute approximate surface area is 131 Å². The quantitative estimate of drug-likeness (QED) is 0.713. The van der Waals surface area contributed by atoms with Crippen LogP contribution in [0.4, 0.5) is 0 Å². The van der Waals surface area contributed by atoms with Crippen LogP contribution in [0.15, 0.2) is 60.8 Å². The van der Waals surface area contributed by atoms with Crippen LogP contribution in [0, 0.1) is 50.7 Å². The van der Waals surface area contributed by atoms with E-state index >= 15 is 0 Å². The van der Waals surface area contributed by atoms with Crippen LogP contribution in [-0.4, -0.2) is 0 Å². The minimum Gasteiger partial charge on any atom is -0.197 e. The maximum atomic E-state index is 10.0. The summed E-state index contributed by atoms with van der Waals surface area (Å²) in [5.74, 6) is 0.341. The molecule has 0 amide bonds. The molecule has 2 heteroatoms. The van der Waals surface area contributed by atoms with Crippen molar-refractivity contribution in [2.24, 2.45) is 28.1 Å². The third-order valence-electron chi connectivity index (χ3n) is 6.43. The highest BCUT2D eigenvalue weighted by atomic mass is 14.7. The molecule has 4 aliphatic carbocycles. The Kier molecular flexibility index (Phi) is 2.37. The predicted molar refractivity (Wildman–Crippen MR) is 85.1 cm³/mol.